The lowest BCUT2D eigenvalue weighted by atomic mass is 10.0. The topological polar surface area (TPSA) is 83.0 Å². The summed E-state index contributed by atoms with van der Waals surface area (Å²) in [5.74, 6) is -1.56. The molecule has 0 saturated carbocycles. The van der Waals surface area contributed by atoms with Crippen LogP contribution in [0, 0.1) is 5.82 Å². The molecule has 2 heterocycles. The minimum absolute atomic E-state index is 0.0131. The van der Waals surface area contributed by atoms with E-state index >= 15 is 0 Å². The number of halogens is 2. The molecular formula is C19H14ClFN2O3. The summed E-state index contributed by atoms with van der Waals surface area (Å²) in [5, 5.41) is 8.99. The highest BCUT2D eigenvalue weighted by molar-refractivity contribution is 6.35. The molecule has 2 aromatic heterocycles. The Morgan fingerprint density at radius 2 is 2.04 bits per heavy atom. The van der Waals surface area contributed by atoms with Gasteiger partial charge in [0.05, 0.1) is 28.6 Å². The Kier molecular flexibility index (Phi) is 5.25. The number of hydrogen-bond acceptors (Lipinski definition) is 4. The van der Waals surface area contributed by atoms with Crippen molar-refractivity contribution in [3.8, 4) is 0 Å². The van der Waals surface area contributed by atoms with Gasteiger partial charge < -0.3 is 10.1 Å². The number of nitrogens with zero attached hydrogens (tertiary/aromatic N) is 1. The van der Waals surface area contributed by atoms with Crippen LogP contribution in [0.5, 0.6) is 0 Å². The molecule has 1 aromatic carbocycles. The summed E-state index contributed by atoms with van der Waals surface area (Å²) in [6.07, 6.45) is 2.94. The second-order valence-corrected chi connectivity index (χ2v) is 6.05. The third kappa shape index (κ3) is 3.71. The quantitative estimate of drug-likeness (QED) is 0.650. The largest absolute Gasteiger partial charge is 0.390 e. The van der Waals surface area contributed by atoms with Crippen LogP contribution < -0.4 is 0 Å². The minimum Gasteiger partial charge on any atom is -0.390 e. The van der Waals surface area contributed by atoms with Crippen LogP contribution in [-0.2, 0) is 13.0 Å². The van der Waals surface area contributed by atoms with Gasteiger partial charge in [-0.3, -0.25) is 14.6 Å². The van der Waals surface area contributed by atoms with Crippen LogP contribution in [0.15, 0.2) is 48.8 Å². The fourth-order valence-electron chi connectivity index (χ4n) is 2.48. The molecule has 0 atom stereocenters. The molecule has 3 aromatic rings. The molecule has 0 fully saturated rings. The van der Waals surface area contributed by atoms with E-state index in [4.69, 9.17) is 16.7 Å². The van der Waals surface area contributed by atoms with E-state index in [2.05, 4.69) is 9.97 Å². The van der Waals surface area contributed by atoms with Gasteiger partial charge in [-0.05, 0) is 29.8 Å². The van der Waals surface area contributed by atoms with Gasteiger partial charge in [-0.15, -0.1) is 0 Å². The third-order valence-electron chi connectivity index (χ3n) is 3.85. The Hall–Kier alpha value is -2.83. The monoisotopic (exact) mass is 372 g/mol. The molecule has 0 amide bonds. The van der Waals surface area contributed by atoms with E-state index in [1.165, 1.54) is 30.6 Å². The number of aromatic amines is 1. The summed E-state index contributed by atoms with van der Waals surface area (Å²) >= 11 is 5.91. The molecule has 0 unspecified atom stereocenters. The van der Waals surface area contributed by atoms with Crippen molar-refractivity contribution in [2.45, 2.75) is 13.0 Å². The maximum absolute atomic E-state index is 13.9. The molecule has 26 heavy (non-hydrogen) atoms. The number of Topliss-reactive ketones (excluding diaryl/α,β-unsaturated/α-hetero) is 1. The second-order valence-electron chi connectivity index (χ2n) is 5.64. The van der Waals surface area contributed by atoms with E-state index in [1.807, 2.05) is 0 Å². The van der Waals surface area contributed by atoms with E-state index in [-0.39, 0.29) is 40.7 Å². The third-order valence-corrected chi connectivity index (χ3v) is 4.16. The van der Waals surface area contributed by atoms with Gasteiger partial charge in [0.15, 0.2) is 11.6 Å². The first-order valence-corrected chi connectivity index (χ1v) is 8.12. The van der Waals surface area contributed by atoms with Crippen molar-refractivity contribution in [3.63, 3.8) is 0 Å². The number of aliphatic hydroxyl groups excluding tert-OH is 1. The lowest BCUT2D eigenvalue weighted by molar-refractivity contribution is 0.0988. The van der Waals surface area contributed by atoms with E-state index in [0.717, 1.165) is 6.07 Å². The molecule has 2 N–H and O–H groups in total. The van der Waals surface area contributed by atoms with Gasteiger partial charge in [0.1, 0.15) is 5.82 Å². The highest BCUT2D eigenvalue weighted by atomic mass is 35.5. The molecule has 0 radical (unpaired) electrons. The second kappa shape index (κ2) is 7.59. The van der Waals surface area contributed by atoms with Gasteiger partial charge in [-0.2, -0.15) is 0 Å². The van der Waals surface area contributed by atoms with E-state index in [1.54, 1.807) is 12.1 Å². The first-order chi connectivity index (χ1) is 12.5. The molecule has 7 heteroatoms. The van der Waals surface area contributed by atoms with Crippen molar-refractivity contribution >= 4 is 23.2 Å². The Labute approximate surface area is 153 Å². The van der Waals surface area contributed by atoms with Crippen molar-refractivity contribution in [3.05, 3.63) is 87.7 Å². The Balaban J connectivity index is 1.78. The number of nitrogens with one attached hydrogen (secondary N) is 1. The van der Waals surface area contributed by atoms with Gasteiger partial charge in [-0.1, -0.05) is 23.7 Å². The van der Waals surface area contributed by atoms with Crippen LogP contribution in [-0.4, -0.2) is 26.6 Å². The highest BCUT2D eigenvalue weighted by Crippen LogP contribution is 2.23. The number of pyridine rings is 1. The summed E-state index contributed by atoms with van der Waals surface area (Å²) in [5.41, 5.74) is 1.33. The number of H-pyrrole nitrogens is 1. The first-order valence-electron chi connectivity index (χ1n) is 7.74. The predicted molar refractivity (Wildman–Crippen MR) is 93.8 cm³/mol. The summed E-state index contributed by atoms with van der Waals surface area (Å²) in [6, 6.07) is 8.71. The number of benzene rings is 1. The van der Waals surface area contributed by atoms with Crippen molar-refractivity contribution in [1.82, 2.24) is 9.97 Å². The van der Waals surface area contributed by atoms with E-state index in [9.17, 15) is 14.0 Å². The van der Waals surface area contributed by atoms with Crippen LogP contribution in [0.1, 0.15) is 37.7 Å². The molecule has 0 aliphatic rings. The van der Waals surface area contributed by atoms with Crippen LogP contribution in [0.25, 0.3) is 0 Å². The molecule has 0 bridgehead atoms. The molecule has 0 saturated heterocycles. The van der Waals surface area contributed by atoms with E-state index < -0.39 is 11.6 Å². The SMILES string of the molecule is O=C(Cc1ccc(CO)nc1)c1cc(C(=O)c2c(F)cccc2Cl)c[nH]1. The lowest BCUT2D eigenvalue weighted by Crippen LogP contribution is -2.06. The lowest BCUT2D eigenvalue weighted by Gasteiger charge is -2.03. The van der Waals surface area contributed by atoms with E-state index in [0.29, 0.717) is 11.3 Å². The Morgan fingerprint density at radius 3 is 2.69 bits per heavy atom. The minimum atomic E-state index is -0.716. The number of ketones is 2. The number of carbonyl (C=O) groups is 2. The fourth-order valence-corrected chi connectivity index (χ4v) is 2.73. The first kappa shape index (κ1) is 18.0. The summed E-state index contributed by atoms with van der Waals surface area (Å²) in [4.78, 5) is 31.6. The Morgan fingerprint density at radius 1 is 1.23 bits per heavy atom. The molecule has 0 spiro atoms. The molecule has 132 valence electrons. The van der Waals surface area contributed by atoms with Crippen molar-refractivity contribution in [2.24, 2.45) is 0 Å². The number of carbonyl (C=O) groups excluding carboxylic acids is 2. The van der Waals surface area contributed by atoms with Crippen LogP contribution in [0.2, 0.25) is 5.02 Å². The highest BCUT2D eigenvalue weighted by Gasteiger charge is 2.20. The van der Waals surface area contributed by atoms with Crippen molar-refractivity contribution in [2.75, 3.05) is 0 Å². The Bertz CT molecular complexity index is 947. The zero-order valence-corrected chi connectivity index (χ0v) is 14.3. The fraction of sp³-hybridized carbons (Fsp3) is 0.105. The van der Waals surface area contributed by atoms with Gasteiger partial charge in [0, 0.05) is 24.4 Å². The van der Waals surface area contributed by atoms with Gasteiger partial charge in [0.2, 0.25) is 0 Å². The van der Waals surface area contributed by atoms with Gasteiger partial charge in [0.25, 0.3) is 0 Å². The number of hydrogen-bond donors (Lipinski definition) is 2. The predicted octanol–water partition coefficient (Wildman–Crippen LogP) is 3.35. The number of rotatable bonds is 6. The van der Waals surface area contributed by atoms with Gasteiger partial charge in [-0.25, -0.2) is 4.39 Å². The zero-order chi connectivity index (χ0) is 18.7. The number of aromatic nitrogens is 2. The molecule has 5 nitrogen and oxygen atoms in total. The van der Waals surface area contributed by atoms with Crippen LogP contribution in [0.4, 0.5) is 4.39 Å². The smallest absolute Gasteiger partial charge is 0.199 e. The van der Waals surface area contributed by atoms with Crippen molar-refractivity contribution < 1.29 is 19.1 Å². The molecule has 0 aliphatic carbocycles. The normalized spacial score (nSPS) is 10.7. The average molecular weight is 373 g/mol. The molecule has 0 aliphatic heterocycles. The molecule has 3 rings (SSSR count). The standard InChI is InChI=1S/C19H14ClFN2O3/c20-14-2-1-3-15(21)18(14)19(26)12-7-16(23-9-12)17(25)6-11-4-5-13(10-24)22-8-11/h1-5,7-9,23-24H,6,10H2. The number of aliphatic hydroxyl groups is 1. The van der Waals surface area contributed by atoms with Crippen LogP contribution >= 0.6 is 11.6 Å². The summed E-state index contributed by atoms with van der Waals surface area (Å²) in [6.45, 7) is -0.172. The summed E-state index contributed by atoms with van der Waals surface area (Å²) < 4.78 is 13.9. The average Bonchev–Trinajstić information content (AvgIpc) is 3.12. The van der Waals surface area contributed by atoms with Gasteiger partial charge >= 0.3 is 0 Å². The zero-order valence-electron chi connectivity index (χ0n) is 13.5. The maximum atomic E-state index is 13.9. The summed E-state index contributed by atoms with van der Waals surface area (Å²) in [7, 11) is 0. The molecular weight excluding hydrogens is 359 g/mol. The van der Waals surface area contributed by atoms with Crippen molar-refractivity contribution in [1.29, 1.82) is 0 Å². The maximum Gasteiger partial charge on any atom is 0.199 e. The van der Waals surface area contributed by atoms with Crippen LogP contribution in [0.3, 0.4) is 0 Å².